The Hall–Kier alpha value is -3.93. The molecule has 0 aliphatic carbocycles. The van der Waals surface area contributed by atoms with Crippen molar-refractivity contribution >= 4 is 23.8 Å². The number of carbonyl (C=O) groups excluding carboxylic acids is 1. The number of carbonyl (C=O) groups is 2. The van der Waals surface area contributed by atoms with E-state index in [1.54, 1.807) is 18.2 Å². The number of amides is 1. The van der Waals surface area contributed by atoms with Crippen molar-refractivity contribution in [2.45, 2.75) is 13.1 Å². The van der Waals surface area contributed by atoms with Gasteiger partial charge in [0.2, 0.25) is 0 Å². The first-order valence-corrected chi connectivity index (χ1v) is 9.19. The van der Waals surface area contributed by atoms with Crippen LogP contribution < -0.4 is 10.3 Å². The van der Waals surface area contributed by atoms with Crippen LogP contribution >= 0.6 is 0 Å². The lowest BCUT2D eigenvalue weighted by molar-refractivity contribution is 0.0696. The summed E-state index contributed by atoms with van der Waals surface area (Å²) in [6, 6.07) is 22.0. The molecule has 1 aliphatic rings. The van der Waals surface area contributed by atoms with Crippen LogP contribution in [0.15, 0.2) is 77.9 Å². The number of nitrogens with zero attached hydrogens (tertiary/aromatic N) is 2. The number of nitrogens with one attached hydrogen (secondary N) is 1. The first-order valence-electron chi connectivity index (χ1n) is 9.19. The van der Waals surface area contributed by atoms with E-state index in [-0.39, 0.29) is 11.5 Å². The number of rotatable bonds is 5. The van der Waals surface area contributed by atoms with Crippen LogP contribution in [0.5, 0.6) is 0 Å². The molecule has 3 aromatic carbocycles. The van der Waals surface area contributed by atoms with E-state index in [2.05, 4.69) is 27.6 Å². The summed E-state index contributed by atoms with van der Waals surface area (Å²) in [5.74, 6) is -1.29. The highest BCUT2D eigenvalue weighted by Gasteiger charge is 2.19. The largest absolute Gasteiger partial charge is 0.478 e. The highest BCUT2D eigenvalue weighted by atomic mass is 16.4. The van der Waals surface area contributed by atoms with Gasteiger partial charge in [0.15, 0.2) is 0 Å². The Morgan fingerprint density at radius 2 is 1.59 bits per heavy atom. The molecule has 0 atom stereocenters. The third kappa shape index (κ3) is 4.16. The van der Waals surface area contributed by atoms with Crippen LogP contribution in [0.2, 0.25) is 0 Å². The monoisotopic (exact) mass is 385 g/mol. The van der Waals surface area contributed by atoms with Crippen molar-refractivity contribution in [3.05, 3.63) is 101 Å². The molecule has 4 rings (SSSR count). The van der Waals surface area contributed by atoms with Gasteiger partial charge in [-0.05, 0) is 47.0 Å². The molecule has 6 heteroatoms. The quantitative estimate of drug-likeness (QED) is 0.519. The van der Waals surface area contributed by atoms with E-state index in [9.17, 15) is 9.59 Å². The molecule has 3 aromatic rings. The van der Waals surface area contributed by atoms with E-state index in [1.807, 2.05) is 30.3 Å². The fourth-order valence-electron chi connectivity index (χ4n) is 3.30. The Labute approximate surface area is 168 Å². The van der Waals surface area contributed by atoms with Crippen molar-refractivity contribution in [3.63, 3.8) is 0 Å². The van der Waals surface area contributed by atoms with Crippen molar-refractivity contribution < 1.29 is 14.7 Å². The number of hydrogen-bond donors (Lipinski definition) is 2. The minimum atomic E-state index is -0.984. The molecule has 144 valence electrons. The molecular weight excluding hydrogens is 366 g/mol. The van der Waals surface area contributed by atoms with Crippen LogP contribution in [0.25, 0.3) is 0 Å². The number of carboxylic acids is 1. The van der Waals surface area contributed by atoms with Gasteiger partial charge in [-0.2, -0.15) is 5.10 Å². The maximum absolute atomic E-state index is 12.4. The summed E-state index contributed by atoms with van der Waals surface area (Å²) in [5, 5.41) is 12.9. The molecule has 0 unspecified atom stereocenters. The van der Waals surface area contributed by atoms with Gasteiger partial charge in [-0.3, -0.25) is 4.79 Å². The number of hydrazone groups is 1. The third-order valence-corrected chi connectivity index (χ3v) is 4.85. The lowest BCUT2D eigenvalue weighted by atomic mass is 10.1. The summed E-state index contributed by atoms with van der Waals surface area (Å²) in [6.45, 7) is 1.65. The van der Waals surface area contributed by atoms with E-state index in [0.29, 0.717) is 11.1 Å². The second-order valence-electron chi connectivity index (χ2n) is 6.80. The average molecular weight is 385 g/mol. The predicted molar refractivity (Wildman–Crippen MR) is 111 cm³/mol. The average Bonchev–Trinajstić information content (AvgIpc) is 3.18. The molecule has 1 aliphatic heterocycles. The zero-order valence-corrected chi connectivity index (χ0v) is 15.6. The summed E-state index contributed by atoms with van der Waals surface area (Å²) >= 11 is 0. The van der Waals surface area contributed by atoms with Crippen LogP contribution in [-0.4, -0.2) is 23.2 Å². The lowest BCUT2D eigenvalue weighted by Crippen LogP contribution is -2.19. The van der Waals surface area contributed by atoms with Gasteiger partial charge in [-0.25, -0.2) is 10.2 Å². The Bertz CT molecular complexity index is 1070. The minimum Gasteiger partial charge on any atom is -0.478 e. The zero-order valence-electron chi connectivity index (χ0n) is 15.6. The van der Waals surface area contributed by atoms with Gasteiger partial charge in [0.1, 0.15) is 0 Å². The van der Waals surface area contributed by atoms with Crippen molar-refractivity contribution in [3.8, 4) is 0 Å². The fourth-order valence-corrected chi connectivity index (χ4v) is 3.30. The Morgan fingerprint density at radius 1 is 0.897 bits per heavy atom. The molecule has 1 amide bonds. The van der Waals surface area contributed by atoms with E-state index < -0.39 is 5.97 Å². The van der Waals surface area contributed by atoms with Crippen LogP contribution in [0.4, 0.5) is 5.69 Å². The van der Waals surface area contributed by atoms with Crippen molar-refractivity contribution in [2.24, 2.45) is 5.10 Å². The minimum absolute atomic E-state index is 0.201. The summed E-state index contributed by atoms with van der Waals surface area (Å²) in [4.78, 5) is 25.5. The molecule has 0 spiro atoms. The smallest absolute Gasteiger partial charge is 0.335 e. The van der Waals surface area contributed by atoms with Crippen LogP contribution in [0.3, 0.4) is 0 Å². The second kappa shape index (κ2) is 7.98. The third-order valence-electron chi connectivity index (χ3n) is 4.85. The van der Waals surface area contributed by atoms with Crippen molar-refractivity contribution in [2.75, 3.05) is 4.90 Å². The molecule has 29 heavy (non-hydrogen) atoms. The molecule has 0 aromatic heterocycles. The first-order chi connectivity index (χ1) is 14.1. The number of aromatic carboxylic acids is 1. The van der Waals surface area contributed by atoms with E-state index in [4.69, 9.17) is 5.11 Å². The standard InChI is InChI=1S/C23H19N3O3/c27-22(25-24-13-16-8-10-17(11-9-16)23(28)29)18-6-3-7-21(12-18)26-14-19-4-1-2-5-20(19)15-26/h1-13H,14-15H2,(H,25,27)(H,28,29)/b24-13-. The van der Waals surface area contributed by atoms with Gasteiger partial charge in [0.25, 0.3) is 5.91 Å². The Kier molecular flexibility index (Phi) is 5.07. The van der Waals surface area contributed by atoms with Crippen molar-refractivity contribution in [1.29, 1.82) is 0 Å². The maximum atomic E-state index is 12.4. The summed E-state index contributed by atoms with van der Waals surface area (Å²) in [7, 11) is 0. The molecule has 0 radical (unpaired) electrons. The topological polar surface area (TPSA) is 82.0 Å². The van der Waals surface area contributed by atoms with Gasteiger partial charge in [-0.15, -0.1) is 0 Å². The fraction of sp³-hybridized carbons (Fsp3) is 0.0870. The van der Waals surface area contributed by atoms with Crippen LogP contribution in [0, 0.1) is 0 Å². The van der Waals surface area contributed by atoms with Crippen molar-refractivity contribution in [1.82, 2.24) is 5.43 Å². The molecule has 0 fully saturated rings. The molecule has 0 saturated heterocycles. The summed E-state index contributed by atoms with van der Waals surface area (Å²) in [5.41, 5.74) is 7.54. The number of anilines is 1. The molecule has 1 heterocycles. The Morgan fingerprint density at radius 3 is 2.24 bits per heavy atom. The maximum Gasteiger partial charge on any atom is 0.335 e. The molecular formula is C23H19N3O3. The van der Waals surface area contributed by atoms with Gasteiger partial charge in [-0.1, -0.05) is 42.5 Å². The number of carboxylic acid groups (broad SMARTS) is 1. The predicted octanol–water partition coefficient (Wildman–Crippen LogP) is 3.67. The van der Waals surface area contributed by atoms with Crippen LogP contribution in [-0.2, 0) is 13.1 Å². The second-order valence-corrected chi connectivity index (χ2v) is 6.80. The molecule has 6 nitrogen and oxygen atoms in total. The molecule has 0 bridgehead atoms. The molecule has 2 N–H and O–H groups in total. The summed E-state index contributed by atoms with van der Waals surface area (Å²) in [6.07, 6.45) is 1.48. The highest BCUT2D eigenvalue weighted by Crippen LogP contribution is 2.28. The lowest BCUT2D eigenvalue weighted by Gasteiger charge is -2.18. The number of benzene rings is 3. The van der Waals surface area contributed by atoms with Gasteiger partial charge >= 0.3 is 5.97 Å². The van der Waals surface area contributed by atoms with Crippen LogP contribution in [0.1, 0.15) is 37.4 Å². The van der Waals surface area contributed by atoms with E-state index in [0.717, 1.165) is 18.8 Å². The van der Waals surface area contributed by atoms with E-state index >= 15 is 0 Å². The first kappa shape index (κ1) is 18.4. The normalized spacial score (nSPS) is 12.8. The Balaban J connectivity index is 1.41. The van der Waals surface area contributed by atoms with Gasteiger partial charge < -0.3 is 10.0 Å². The number of hydrogen-bond acceptors (Lipinski definition) is 4. The number of fused-ring (bicyclic) bond motifs is 1. The molecule has 0 saturated carbocycles. The van der Waals surface area contributed by atoms with Gasteiger partial charge in [0, 0.05) is 24.3 Å². The zero-order chi connectivity index (χ0) is 20.2. The summed E-state index contributed by atoms with van der Waals surface area (Å²) < 4.78 is 0. The van der Waals surface area contributed by atoms with Gasteiger partial charge in [0.05, 0.1) is 11.8 Å². The van der Waals surface area contributed by atoms with E-state index in [1.165, 1.54) is 29.5 Å². The highest BCUT2D eigenvalue weighted by molar-refractivity contribution is 5.96. The SMILES string of the molecule is O=C(O)c1ccc(/C=N\NC(=O)c2cccc(N3Cc4ccccc4C3)c2)cc1.